The summed E-state index contributed by atoms with van der Waals surface area (Å²) >= 11 is 0.939. The van der Waals surface area contributed by atoms with Crippen LogP contribution in [0.15, 0.2) is 24.4 Å². The van der Waals surface area contributed by atoms with Gasteiger partial charge >= 0.3 is 11.8 Å². The molecule has 0 aliphatic carbocycles. The number of thioether (sulfide) groups is 1. The second-order valence-corrected chi connectivity index (χ2v) is 6.75. The smallest absolute Gasteiger partial charge is 0.312 e. The second kappa shape index (κ2) is 8.17. The van der Waals surface area contributed by atoms with Crippen LogP contribution in [-0.4, -0.2) is 82.8 Å². The first kappa shape index (κ1) is 18.2. The monoisotopic (exact) mass is 377 g/mol. The highest BCUT2D eigenvalue weighted by Crippen LogP contribution is 2.17. The Morgan fingerprint density at radius 1 is 1.15 bits per heavy atom. The van der Waals surface area contributed by atoms with E-state index in [0.717, 1.165) is 22.5 Å². The van der Waals surface area contributed by atoms with Crippen molar-refractivity contribution >= 4 is 40.5 Å². The molecule has 0 bridgehead atoms. The van der Waals surface area contributed by atoms with Gasteiger partial charge < -0.3 is 15.1 Å². The number of carbonyl (C=O) groups is 4. The molecule has 26 heavy (non-hydrogen) atoms. The molecule has 9 nitrogen and oxygen atoms in total. The van der Waals surface area contributed by atoms with E-state index in [0.29, 0.717) is 26.2 Å². The summed E-state index contributed by atoms with van der Waals surface area (Å²) in [5.41, 5.74) is 0. The minimum atomic E-state index is -0.719. The van der Waals surface area contributed by atoms with Crippen LogP contribution in [0.5, 0.6) is 0 Å². The lowest BCUT2D eigenvalue weighted by atomic mass is 10.3. The van der Waals surface area contributed by atoms with Crippen molar-refractivity contribution in [2.24, 2.45) is 0 Å². The van der Waals surface area contributed by atoms with Crippen molar-refractivity contribution in [1.82, 2.24) is 20.1 Å². The highest BCUT2D eigenvalue weighted by atomic mass is 32.2. The summed E-state index contributed by atoms with van der Waals surface area (Å²) < 4.78 is 0. The Morgan fingerprint density at radius 2 is 1.92 bits per heavy atom. The van der Waals surface area contributed by atoms with Gasteiger partial charge in [0.05, 0.1) is 5.75 Å². The number of nitrogens with one attached hydrogen (secondary N) is 1. The van der Waals surface area contributed by atoms with Crippen LogP contribution < -0.4 is 10.2 Å². The van der Waals surface area contributed by atoms with E-state index >= 15 is 0 Å². The molecule has 0 spiro atoms. The lowest BCUT2D eigenvalue weighted by Gasteiger charge is -2.35. The number of hydrogen-bond donors (Lipinski definition) is 1. The lowest BCUT2D eigenvalue weighted by Crippen LogP contribution is -2.53. The van der Waals surface area contributed by atoms with Gasteiger partial charge in [0.2, 0.25) is 5.91 Å². The maximum atomic E-state index is 12.2. The molecule has 2 saturated heterocycles. The Morgan fingerprint density at radius 3 is 2.54 bits per heavy atom. The van der Waals surface area contributed by atoms with E-state index in [9.17, 15) is 19.2 Å². The standard InChI is InChI=1S/C16H19N5O4S/c22-13-11-26-16(25)21(13)6-5-18-14(23)15(24)20-9-7-19(8-10-20)12-3-1-2-4-17-12/h1-4H,5-11H2,(H,18,23). The van der Waals surface area contributed by atoms with Crippen LogP contribution in [0.1, 0.15) is 0 Å². The van der Waals surface area contributed by atoms with Gasteiger partial charge in [-0.05, 0) is 12.1 Å². The largest absolute Gasteiger partial charge is 0.353 e. The summed E-state index contributed by atoms with van der Waals surface area (Å²) in [4.78, 5) is 56.1. The van der Waals surface area contributed by atoms with E-state index < -0.39 is 11.8 Å². The zero-order chi connectivity index (χ0) is 18.5. The number of amides is 4. The van der Waals surface area contributed by atoms with Crippen LogP contribution in [0.3, 0.4) is 0 Å². The fraction of sp³-hybridized carbons (Fsp3) is 0.438. The van der Waals surface area contributed by atoms with Crippen LogP contribution in [0.25, 0.3) is 0 Å². The predicted octanol–water partition coefficient (Wildman–Crippen LogP) is -0.458. The van der Waals surface area contributed by atoms with Crippen molar-refractivity contribution in [3.05, 3.63) is 24.4 Å². The van der Waals surface area contributed by atoms with Gasteiger partial charge in [-0.15, -0.1) is 0 Å². The molecule has 4 amide bonds. The molecule has 1 N–H and O–H groups in total. The third kappa shape index (κ3) is 4.13. The Kier molecular flexibility index (Phi) is 5.71. The molecule has 0 radical (unpaired) electrons. The number of carbonyl (C=O) groups excluding carboxylic acids is 4. The molecule has 3 rings (SSSR count). The van der Waals surface area contributed by atoms with Gasteiger partial charge in [-0.2, -0.15) is 0 Å². The van der Waals surface area contributed by atoms with Gasteiger partial charge in [0, 0.05) is 45.5 Å². The molecule has 0 atom stereocenters. The fourth-order valence-corrected chi connectivity index (χ4v) is 3.53. The maximum Gasteiger partial charge on any atom is 0.312 e. The highest BCUT2D eigenvalue weighted by molar-refractivity contribution is 8.14. The van der Waals surface area contributed by atoms with Gasteiger partial charge in [0.1, 0.15) is 5.82 Å². The Labute approximate surface area is 154 Å². The van der Waals surface area contributed by atoms with E-state index in [1.54, 1.807) is 6.20 Å². The van der Waals surface area contributed by atoms with Gasteiger partial charge in [0.25, 0.3) is 5.24 Å². The molecule has 1 aromatic heterocycles. The third-order valence-corrected chi connectivity index (χ3v) is 5.05. The second-order valence-electron chi connectivity index (χ2n) is 5.82. The van der Waals surface area contributed by atoms with Crippen molar-refractivity contribution in [1.29, 1.82) is 0 Å². The molecular formula is C16H19N5O4S. The van der Waals surface area contributed by atoms with Crippen LogP contribution in [-0.2, 0) is 14.4 Å². The molecule has 0 aromatic carbocycles. The molecule has 0 unspecified atom stereocenters. The number of anilines is 1. The van der Waals surface area contributed by atoms with Gasteiger partial charge in [0.15, 0.2) is 0 Å². The SMILES string of the molecule is O=C(NCCN1C(=O)CSC1=O)C(=O)N1CCN(c2ccccn2)CC1. The van der Waals surface area contributed by atoms with Crippen molar-refractivity contribution < 1.29 is 19.2 Å². The molecule has 3 heterocycles. The summed E-state index contributed by atoms with van der Waals surface area (Å²) in [7, 11) is 0. The van der Waals surface area contributed by atoms with E-state index in [4.69, 9.17) is 0 Å². The molecular weight excluding hydrogens is 358 g/mol. The summed E-state index contributed by atoms with van der Waals surface area (Å²) in [6.45, 7) is 2.22. The minimum Gasteiger partial charge on any atom is -0.353 e. The van der Waals surface area contributed by atoms with E-state index in [1.807, 2.05) is 18.2 Å². The average Bonchev–Trinajstić information content (AvgIpc) is 3.00. The Balaban J connectivity index is 1.42. The fourth-order valence-electron chi connectivity index (χ4n) is 2.78. The molecule has 0 saturated carbocycles. The number of pyridine rings is 1. The summed E-state index contributed by atoms with van der Waals surface area (Å²) in [5, 5.41) is 2.16. The number of nitrogens with zero attached hydrogens (tertiary/aromatic N) is 4. The summed E-state index contributed by atoms with van der Waals surface area (Å²) in [5.74, 6) is -0.609. The molecule has 2 fully saturated rings. The molecule has 2 aliphatic rings. The summed E-state index contributed by atoms with van der Waals surface area (Å²) in [6, 6.07) is 5.65. The number of piperazine rings is 1. The van der Waals surface area contributed by atoms with Crippen LogP contribution in [0, 0.1) is 0 Å². The van der Waals surface area contributed by atoms with Crippen LogP contribution >= 0.6 is 11.8 Å². The first-order valence-corrected chi connectivity index (χ1v) is 9.25. The molecule has 1 aromatic rings. The van der Waals surface area contributed by atoms with E-state index in [1.165, 1.54) is 4.90 Å². The summed E-state index contributed by atoms with van der Waals surface area (Å²) in [6.07, 6.45) is 1.72. The predicted molar refractivity (Wildman–Crippen MR) is 95.6 cm³/mol. The van der Waals surface area contributed by atoms with Crippen molar-refractivity contribution in [3.8, 4) is 0 Å². The molecule has 138 valence electrons. The van der Waals surface area contributed by atoms with E-state index in [2.05, 4.69) is 15.2 Å². The lowest BCUT2D eigenvalue weighted by molar-refractivity contribution is -0.146. The quantitative estimate of drug-likeness (QED) is 0.709. The molecule has 2 aliphatic heterocycles. The zero-order valence-electron chi connectivity index (χ0n) is 14.1. The number of hydrogen-bond acceptors (Lipinski definition) is 7. The topological polar surface area (TPSA) is 103 Å². The van der Waals surface area contributed by atoms with Gasteiger partial charge in [-0.25, -0.2) is 4.98 Å². The molecule has 10 heteroatoms. The maximum absolute atomic E-state index is 12.2. The van der Waals surface area contributed by atoms with Crippen molar-refractivity contribution in [3.63, 3.8) is 0 Å². The number of aromatic nitrogens is 1. The van der Waals surface area contributed by atoms with Crippen molar-refractivity contribution in [2.45, 2.75) is 0 Å². The first-order valence-electron chi connectivity index (χ1n) is 8.26. The Bertz CT molecular complexity index is 690. The highest BCUT2D eigenvalue weighted by Gasteiger charge is 2.30. The average molecular weight is 377 g/mol. The third-order valence-electron chi connectivity index (χ3n) is 4.20. The van der Waals surface area contributed by atoms with Crippen LogP contribution in [0.2, 0.25) is 0 Å². The van der Waals surface area contributed by atoms with E-state index in [-0.39, 0.29) is 30.0 Å². The first-order chi connectivity index (χ1) is 12.6. The van der Waals surface area contributed by atoms with Gasteiger partial charge in [-0.1, -0.05) is 17.8 Å². The minimum absolute atomic E-state index is 0.0660. The normalized spacial score (nSPS) is 17.6. The van der Waals surface area contributed by atoms with Crippen molar-refractivity contribution in [2.75, 3.05) is 49.9 Å². The van der Waals surface area contributed by atoms with Gasteiger partial charge in [-0.3, -0.25) is 24.1 Å². The Hall–Kier alpha value is -2.62. The van der Waals surface area contributed by atoms with Crippen LogP contribution in [0.4, 0.5) is 10.6 Å². The zero-order valence-corrected chi connectivity index (χ0v) is 14.9. The number of rotatable bonds is 4. The number of imide groups is 1.